The number of carbonyl (C=O) groups is 1. The van der Waals surface area contributed by atoms with E-state index in [9.17, 15) is 13.2 Å². The lowest BCUT2D eigenvalue weighted by Gasteiger charge is -2.24. The number of hydrogen-bond donors (Lipinski definition) is 1. The molecule has 0 aromatic heterocycles. The van der Waals surface area contributed by atoms with E-state index >= 15 is 0 Å². The summed E-state index contributed by atoms with van der Waals surface area (Å²) >= 11 is 0. The van der Waals surface area contributed by atoms with Gasteiger partial charge < -0.3 is 19.5 Å². The molecule has 144 valence electrons. The lowest BCUT2D eigenvalue weighted by Crippen LogP contribution is -2.46. The van der Waals surface area contributed by atoms with E-state index < -0.39 is 16.1 Å². The molecule has 1 aromatic rings. The molecule has 1 atom stereocenters. The van der Waals surface area contributed by atoms with Crippen LogP contribution in [0.1, 0.15) is 19.3 Å². The van der Waals surface area contributed by atoms with Crippen LogP contribution in [0, 0.1) is 0 Å². The first-order valence-corrected chi connectivity index (χ1v) is 10.2. The number of hydrogen-bond acceptors (Lipinski definition) is 6. The van der Waals surface area contributed by atoms with E-state index in [1.165, 1.54) is 16.4 Å². The van der Waals surface area contributed by atoms with Crippen molar-refractivity contribution in [1.82, 2.24) is 9.62 Å². The summed E-state index contributed by atoms with van der Waals surface area (Å²) in [7, 11) is -2.19. The Morgan fingerprint density at radius 1 is 1.31 bits per heavy atom. The Morgan fingerprint density at radius 2 is 2.08 bits per heavy atom. The van der Waals surface area contributed by atoms with Crippen LogP contribution in [0.5, 0.6) is 11.5 Å². The monoisotopic (exact) mass is 384 g/mol. The van der Waals surface area contributed by atoms with Crippen LogP contribution in [-0.2, 0) is 19.6 Å². The highest BCUT2D eigenvalue weighted by atomic mass is 32.2. The molecule has 0 aliphatic carbocycles. The van der Waals surface area contributed by atoms with Crippen LogP contribution in [0.2, 0.25) is 0 Å². The van der Waals surface area contributed by atoms with E-state index in [2.05, 4.69) is 5.32 Å². The lowest BCUT2D eigenvalue weighted by molar-refractivity contribution is -0.124. The first-order valence-electron chi connectivity index (χ1n) is 8.72. The second-order valence-electron chi connectivity index (χ2n) is 6.22. The molecule has 1 amide bonds. The summed E-state index contributed by atoms with van der Waals surface area (Å²) in [6.07, 6.45) is 1.85. The smallest absolute Gasteiger partial charge is 0.243 e. The van der Waals surface area contributed by atoms with Crippen molar-refractivity contribution < 1.29 is 27.4 Å². The molecule has 26 heavy (non-hydrogen) atoms. The average molecular weight is 384 g/mol. The van der Waals surface area contributed by atoms with Gasteiger partial charge in [-0.2, -0.15) is 4.31 Å². The summed E-state index contributed by atoms with van der Waals surface area (Å²) in [6.45, 7) is 2.15. The van der Waals surface area contributed by atoms with Gasteiger partial charge in [-0.15, -0.1) is 0 Å². The molecule has 3 rings (SSSR count). The Bertz CT molecular complexity index is 752. The molecule has 1 saturated heterocycles. The van der Waals surface area contributed by atoms with Crippen molar-refractivity contribution in [2.75, 3.05) is 40.0 Å². The average Bonchev–Trinajstić information content (AvgIpc) is 3.15. The molecular formula is C17H24N2O6S. The molecule has 1 aromatic carbocycles. The van der Waals surface area contributed by atoms with Crippen LogP contribution in [0.3, 0.4) is 0 Å². The highest BCUT2D eigenvalue weighted by Crippen LogP contribution is 2.34. The zero-order valence-corrected chi connectivity index (χ0v) is 15.6. The highest BCUT2D eigenvalue weighted by Gasteiger charge is 2.39. The minimum Gasteiger partial charge on any atom is -0.486 e. The molecule has 1 N–H and O–H groups in total. The van der Waals surface area contributed by atoms with Crippen LogP contribution >= 0.6 is 0 Å². The molecule has 2 aliphatic rings. The topological polar surface area (TPSA) is 94.2 Å². The van der Waals surface area contributed by atoms with Crippen LogP contribution in [0.4, 0.5) is 0 Å². The van der Waals surface area contributed by atoms with Gasteiger partial charge in [0.15, 0.2) is 11.5 Å². The SMILES string of the molecule is COCCCNC(=O)[C@@H]1CCCN1S(=O)(=O)c1ccc2c(c1)OCCO2. The van der Waals surface area contributed by atoms with Gasteiger partial charge in [0, 0.05) is 32.9 Å². The van der Waals surface area contributed by atoms with Crippen molar-refractivity contribution in [3.8, 4) is 11.5 Å². The van der Waals surface area contributed by atoms with Crippen molar-refractivity contribution in [3.05, 3.63) is 18.2 Å². The van der Waals surface area contributed by atoms with E-state index in [4.69, 9.17) is 14.2 Å². The number of nitrogens with one attached hydrogen (secondary N) is 1. The van der Waals surface area contributed by atoms with E-state index in [0.29, 0.717) is 63.7 Å². The maximum Gasteiger partial charge on any atom is 0.243 e. The molecule has 2 heterocycles. The third-order valence-electron chi connectivity index (χ3n) is 4.45. The summed E-state index contributed by atoms with van der Waals surface area (Å²) in [5.41, 5.74) is 0. The first kappa shape index (κ1) is 18.9. The number of carbonyl (C=O) groups excluding carboxylic acids is 1. The molecule has 2 aliphatic heterocycles. The summed E-state index contributed by atoms with van der Waals surface area (Å²) in [5, 5.41) is 2.79. The Kier molecular flexibility index (Phi) is 6.00. The Morgan fingerprint density at radius 3 is 2.85 bits per heavy atom. The molecule has 1 fully saturated rings. The van der Waals surface area contributed by atoms with Crippen molar-refractivity contribution in [3.63, 3.8) is 0 Å². The largest absolute Gasteiger partial charge is 0.486 e. The van der Waals surface area contributed by atoms with E-state index in [0.717, 1.165) is 0 Å². The van der Waals surface area contributed by atoms with Gasteiger partial charge in [0.2, 0.25) is 15.9 Å². The zero-order chi connectivity index (χ0) is 18.6. The van der Waals surface area contributed by atoms with Crippen LogP contribution in [0.15, 0.2) is 23.1 Å². The maximum absolute atomic E-state index is 13.0. The second kappa shape index (κ2) is 8.24. The third-order valence-corrected chi connectivity index (χ3v) is 6.36. The van der Waals surface area contributed by atoms with Gasteiger partial charge in [0.05, 0.1) is 4.90 Å². The fraction of sp³-hybridized carbons (Fsp3) is 0.588. The lowest BCUT2D eigenvalue weighted by atomic mass is 10.2. The molecule has 0 unspecified atom stereocenters. The Labute approximate surface area is 153 Å². The summed E-state index contributed by atoms with van der Waals surface area (Å²) < 4.78 is 43.2. The van der Waals surface area contributed by atoms with Crippen molar-refractivity contribution in [2.24, 2.45) is 0 Å². The third kappa shape index (κ3) is 3.94. The molecule has 0 saturated carbocycles. The van der Waals surface area contributed by atoms with Gasteiger partial charge in [-0.3, -0.25) is 4.79 Å². The first-order chi connectivity index (χ1) is 12.5. The summed E-state index contributed by atoms with van der Waals surface area (Å²) in [6, 6.07) is 3.87. The minimum absolute atomic E-state index is 0.112. The molecule has 0 bridgehead atoms. The number of rotatable bonds is 7. The van der Waals surface area contributed by atoms with Crippen LogP contribution in [-0.4, -0.2) is 64.7 Å². The number of ether oxygens (including phenoxy) is 3. The van der Waals surface area contributed by atoms with Gasteiger partial charge in [-0.1, -0.05) is 0 Å². The number of nitrogens with zero attached hydrogens (tertiary/aromatic N) is 1. The van der Waals surface area contributed by atoms with E-state index in [1.807, 2.05) is 0 Å². The van der Waals surface area contributed by atoms with Gasteiger partial charge in [-0.25, -0.2) is 8.42 Å². The van der Waals surface area contributed by atoms with E-state index in [-0.39, 0.29) is 10.8 Å². The number of benzene rings is 1. The molecule has 8 nitrogen and oxygen atoms in total. The van der Waals surface area contributed by atoms with Crippen molar-refractivity contribution >= 4 is 15.9 Å². The van der Waals surface area contributed by atoms with E-state index in [1.54, 1.807) is 13.2 Å². The predicted molar refractivity (Wildman–Crippen MR) is 93.8 cm³/mol. The van der Waals surface area contributed by atoms with Crippen LogP contribution in [0.25, 0.3) is 0 Å². The molecule has 0 spiro atoms. The molecule has 0 radical (unpaired) electrons. The zero-order valence-electron chi connectivity index (χ0n) is 14.8. The fourth-order valence-electron chi connectivity index (χ4n) is 3.16. The molecule has 9 heteroatoms. The fourth-order valence-corrected chi connectivity index (χ4v) is 4.83. The number of methoxy groups -OCH3 is 1. The number of amides is 1. The van der Waals surface area contributed by atoms with Crippen molar-refractivity contribution in [1.29, 1.82) is 0 Å². The van der Waals surface area contributed by atoms with Crippen molar-refractivity contribution in [2.45, 2.75) is 30.2 Å². The second-order valence-corrected chi connectivity index (χ2v) is 8.11. The van der Waals surface area contributed by atoms with Gasteiger partial charge in [0.25, 0.3) is 0 Å². The summed E-state index contributed by atoms with van der Waals surface area (Å²) in [4.78, 5) is 12.5. The predicted octanol–water partition coefficient (Wildman–Crippen LogP) is 0.764. The van der Waals surface area contributed by atoms with Gasteiger partial charge in [0.1, 0.15) is 19.3 Å². The van der Waals surface area contributed by atoms with Crippen LogP contribution < -0.4 is 14.8 Å². The standard InChI is InChI=1S/C17H24N2O6S/c1-23-9-3-7-18-17(20)14-4-2-8-19(14)26(21,22)13-5-6-15-16(12-13)25-11-10-24-15/h5-6,12,14H,2-4,7-11H2,1H3,(H,18,20)/t14-/m0/s1. The summed E-state index contributed by atoms with van der Waals surface area (Å²) in [5.74, 6) is 0.681. The Hall–Kier alpha value is -1.84. The Balaban J connectivity index is 1.74. The van der Waals surface area contributed by atoms with Gasteiger partial charge >= 0.3 is 0 Å². The molecular weight excluding hydrogens is 360 g/mol. The maximum atomic E-state index is 13.0. The normalized spacial score (nSPS) is 20.1. The highest BCUT2D eigenvalue weighted by molar-refractivity contribution is 7.89. The minimum atomic E-state index is -3.79. The number of fused-ring (bicyclic) bond motifs is 1. The quantitative estimate of drug-likeness (QED) is 0.698. The number of sulfonamides is 1. The van der Waals surface area contributed by atoms with Gasteiger partial charge in [-0.05, 0) is 31.4 Å².